The van der Waals surface area contributed by atoms with Crippen LogP contribution in [0.3, 0.4) is 0 Å². The summed E-state index contributed by atoms with van der Waals surface area (Å²) in [7, 11) is 0. The van der Waals surface area contributed by atoms with Gasteiger partial charge in [0.25, 0.3) is 11.4 Å². The zero-order valence-electron chi connectivity index (χ0n) is 18.5. The lowest BCUT2D eigenvalue weighted by molar-refractivity contribution is -0.393. The average Bonchev–Trinajstić information content (AvgIpc) is 2.69. The number of nitro benzene ring substituents is 2. The highest BCUT2D eigenvalue weighted by atomic mass is 16.6. The smallest absolute Gasteiger partial charge is 0.407 e. The Morgan fingerprint density at radius 1 is 0.906 bits per heavy atom. The average molecular weight is 458 g/mol. The maximum Gasteiger partial charge on any atom is 0.407 e. The molecule has 0 saturated carbocycles. The largest absolute Gasteiger partial charge is 0.444 e. The molecule has 180 valence electrons. The maximum atomic E-state index is 11.4. The molecule has 0 fully saturated rings. The van der Waals surface area contributed by atoms with Gasteiger partial charge in [-0.2, -0.15) is 0 Å². The highest BCUT2D eigenvalue weighted by molar-refractivity contribution is 5.67. The summed E-state index contributed by atoms with van der Waals surface area (Å²) in [6.45, 7) is 7.96. The Morgan fingerprint density at radius 2 is 1.47 bits per heavy atom. The van der Waals surface area contributed by atoms with Gasteiger partial charge in [-0.15, -0.1) is 0 Å². The van der Waals surface area contributed by atoms with E-state index in [0.717, 1.165) is 6.07 Å². The summed E-state index contributed by atoms with van der Waals surface area (Å²) < 4.78 is 21.1. The highest BCUT2D eigenvalue weighted by Crippen LogP contribution is 2.28. The fraction of sp³-hybridized carbons (Fsp3) is 0.632. The minimum Gasteiger partial charge on any atom is -0.444 e. The fourth-order valence-corrected chi connectivity index (χ4v) is 2.27. The number of nitro groups is 2. The summed E-state index contributed by atoms with van der Waals surface area (Å²) in [5.41, 5.74) is -1.08. The first-order valence-corrected chi connectivity index (χ1v) is 9.97. The molecule has 0 radical (unpaired) electrons. The second kappa shape index (κ2) is 14.1. The van der Waals surface area contributed by atoms with Crippen molar-refractivity contribution < 1.29 is 33.6 Å². The number of alkyl carbamates (subject to hydrolysis) is 1. The second-order valence-corrected chi connectivity index (χ2v) is 7.41. The van der Waals surface area contributed by atoms with E-state index in [-0.39, 0.29) is 30.2 Å². The van der Waals surface area contributed by atoms with Crippen LogP contribution in [0.1, 0.15) is 20.8 Å². The van der Waals surface area contributed by atoms with E-state index in [9.17, 15) is 25.0 Å². The number of benzene rings is 1. The van der Waals surface area contributed by atoms with Crippen LogP contribution in [0.5, 0.6) is 0 Å². The molecule has 0 saturated heterocycles. The molecule has 0 aliphatic rings. The quantitative estimate of drug-likeness (QED) is 0.227. The molecule has 2 N–H and O–H groups in total. The maximum absolute atomic E-state index is 11.4. The first kappa shape index (κ1) is 27.0. The molecule has 32 heavy (non-hydrogen) atoms. The van der Waals surface area contributed by atoms with E-state index in [1.807, 2.05) is 0 Å². The number of nitrogens with one attached hydrogen (secondary N) is 2. The van der Waals surface area contributed by atoms with Crippen molar-refractivity contribution in [3.8, 4) is 0 Å². The summed E-state index contributed by atoms with van der Waals surface area (Å²) >= 11 is 0. The van der Waals surface area contributed by atoms with E-state index >= 15 is 0 Å². The third-order valence-corrected chi connectivity index (χ3v) is 3.61. The van der Waals surface area contributed by atoms with Crippen LogP contribution < -0.4 is 10.6 Å². The van der Waals surface area contributed by atoms with Gasteiger partial charge in [0.2, 0.25) is 0 Å². The monoisotopic (exact) mass is 458 g/mol. The Bertz CT molecular complexity index is 753. The molecule has 0 aliphatic heterocycles. The van der Waals surface area contributed by atoms with Gasteiger partial charge in [-0.05, 0) is 26.8 Å². The number of hydrogen-bond donors (Lipinski definition) is 2. The van der Waals surface area contributed by atoms with Crippen LogP contribution >= 0.6 is 0 Å². The molecule has 0 unspecified atom stereocenters. The number of amides is 1. The van der Waals surface area contributed by atoms with Gasteiger partial charge >= 0.3 is 6.09 Å². The number of nitrogens with zero attached hydrogens (tertiary/aromatic N) is 2. The van der Waals surface area contributed by atoms with Gasteiger partial charge in [-0.3, -0.25) is 20.2 Å². The second-order valence-electron chi connectivity index (χ2n) is 7.41. The van der Waals surface area contributed by atoms with Gasteiger partial charge in [0.05, 0.1) is 55.6 Å². The van der Waals surface area contributed by atoms with Crippen molar-refractivity contribution in [2.24, 2.45) is 0 Å². The third-order valence-electron chi connectivity index (χ3n) is 3.61. The zero-order valence-corrected chi connectivity index (χ0v) is 18.5. The van der Waals surface area contributed by atoms with Crippen molar-refractivity contribution in [2.75, 3.05) is 58.0 Å². The molecule has 13 heteroatoms. The molecule has 0 atom stereocenters. The first-order valence-electron chi connectivity index (χ1n) is 9.97. The summed E-state index contributed by atoms with van der Waals surface area (Å²) in [6.07, 6.45) is -0.493. The molecule has 1 rings (SSSR count). The van der Waals surface area contributed by atoms with E-state index in [0.29, 0.717) is 39.6 Å². The van der Waals surface area contributed by atoms with E-state index in [2.05, 4.69) is 10.6 Å². The number of rotatable bonds is 15. The minimum atomic E-state index is -0.689. The van der Waals surface area contributed by atoms with E-state index in [1.165, 1.54) is 12.1 Å². The Labute approximate surface area is 185 Å². The van der Waals surface area contributed by atoms with Crippen molar-refractivity contribution in [3.63, 3.8) is 0 Å². The Hall–Kier alpha value is -3.03. The number of carbonyl (C=O) groups excluding carboxylic acids is 1. The summed E-state index contributed by atoms with van der Waals surface area (Å²) in [4.78, 5) is 31.8. The van der Waals surface area contributed by atoms with Gasteiger partial charge in [0.15, 0.2) is 0 Å². The summed E-state index contributed by atoms with van der Waals surface area (Å²) in [5, 5.41) is 27.2. The summed E-state index contributed by atoms with van der Waals surface area (Å²) in [5.74, 6) is 0. The lowest BCUT2D eigenvalue weighted by atomic mass is 10.2. The SMILES string of the molecule is CC(C)(C)OC(=O)NCCOCCOCCOCCNc1ccc([N+](=O)[O-])cc1[N+](=O)[O-]. The molecule has 0 bridgehead atoms. The third kappa shape index (κ3) is 12.0. The van der Waals surface area contributed by atoms with Crippen LogP contribution in [-0.2, 0) is 18.9 Å². The van der Waals surface area contributed by atoms with Crippen LogP contribution in [-0.4, -0.2) is 74.3 Å². The molecule has 0 spiro atoms. The number of carbonyl (C=O) groups is 1. The Morgan fingerprint density at radius 3 is 2.00 bits per heavy atom. The van der Waals surface area contributed by atoms with Gasteiger partial charge in [0, 0.05) is 19.2 Å². The van der Waals surface area contributed by atoms with Crippen LogP contribution in [0.4, 0.5) is 21.9 Å². The van der Waals surface area contributed by atoms with E-state index in [4.69, 9.17) is 18.9 Å². The first-order chi connectivity index (χ1) is 15.1. The molecule has 1 amide bonds. The van der Waals surface area contributed by atoms with Crippen LogP contribution in [0.2, 0.25) is 0 Å². The van der Waals surface area contributed by atoms with Crippen molar-refractivity contribution >= 4 is 23.2 Å². The molecular formula is C19H30N4O9. The molecule has 13 nitrogen and oxygen atoms in total. The zero-order chi connectivity index (χ0) is 24.0. The van der Waals surface area contributed by atoms with Crippen molar-refractivity contribution in [3.05, 3.63) is 38.4 Å². The standard InChI is InChI=1S/C19H30N4O9/c1-19(2,3)32-18(24)21-7-9-30-11-13-31-12-10-29-8-6-20-16-5-4-15(22(25)26)14-17(16)23(27)28/h4-5,14,20H,6-13H2,1-3H3,(H,21,24). The Balaban J connectivity index is 2.03. The number of non-ortho nitro benzene ring substituents is 1. The van der Waals surface area contributed by atoms with Crippen molar-refractivity contribution in [1.29, 1.82) is 0 Å². The van der Waals surface area contributed by atoms with Crippen molar-refractivity contribution in [1.82, 2.24) is 5.32 Å². The lowest BCUT2D eigenvalue weighted by Crippen LogP contribution is -2.34. The van der Waals surface area contributed by atoms with Gasteiger partial charge in [0.1, 0.15) is 11.3 Å². The van der Waals surface area contributed by atoms with Crippen LogP contribution in [0.15, 0.2) is 18.2 Å². The number of hydrogen-bond acceptors (Lipinski definition) is 10. The number of anilines is 1. The molecule has 0 aliphatic carbocycles. The van der Waals surface area contributed by atoms with E-state index < -0.39 is 21.5 Å². The predicted octanol–water partition coefficient (Wildman–Crippen LogP) is 2.49. The Kier molecular flexibility index (Phi) is 11.9. The topological polar surface area (TPSA) is 164 Å². The van der Waals surface area contributed by atoms with Gasteiger partial charge in [-0.1, -0.05) is 0 Å². The fourth-order valence-electron chi connectivity index (χ4n) is 2.27. The molecule has 0 aromatic heterocycles. The molecule has 1 aromatic rings. The molecule has 1 aromatic carbocycles. The van der Waals surface area contributed by atoms with Crippen LogP contribution in [0.25, 0.3) is 0 Å². The molecule has 0 heterocycles. The van der Waals surface area contributed by atoms with Crippen LogP contribution in [0, 0.1) is 20.2 Å². The number of ether oxygens (including phenoxy) is 4. The predicted molar refractivity (Wildman–Crippen MR) is 115 cm³/mol. The lowest BCUT2D eigenvalue weighted by Gasteiger charge is -2.19. The van der Waals surface area contributed by atoms with Gasteiger partial charge < -0.3 is 29.6 Å². The molecular weight excluding hydrogens is 428 g/mol. The van der Waals surface area contributed by atoms with E-state index in [1.54, 1.807) is 20.8 Å². The van der Waals surface area contributed by atoms with Crippen molar-refractivity contribution in [2.45, 2.75) is 26.4 Å². The van der Waals surface area contributed by atoms with Gasteiger partial charge in [-0.25, -0.2) is 4.79 Å². The highest BCUT2D eigenvalue weighted by Gasteiger charge is 2.19. The normalized spacial score (nSPS) is 11.1. The summed E-state index contributed by atoms with van der Waals surface area (Å²) in [6, 6.07) is 3.40. The minimum absolute atomic E-state index is 0.179.